The Morgan fingerprint density at radius 2 is 1.80 bits per heavy atom. The van der Waals surface area contributed by atoms with Crippen LogP contribution in [0.1, 0.15) is 29.2 Å². The quantitative estimate of drug-likeness (QED) is 0.462. The maximum absolute atomic E-state index is 14.1. The van der Waals surface area contributed by atoms with Crippen LogP contribution in [0.25, 0.3) is 0 Å². The van der Waals surface area contributed by atoms with Crippen molar-refractivity contribution in [1.29, 1.82) is 0 Å². The van der Waals surface area contributed by atoms with Crippen molar-refractivity contribution in [2.24, 2.45) is 0 Å². The highest BCUT2D eigenvalue weighted by Crippen LogP contribution is 2.37. The van der Waals surface area contributed by atoms with E-state index in [4.69, 9.17) is 16.3 Å². The molecule has 0 bridgehead atoms. The van der Waals surface area contributed by atoms with Crippen LogP contribution in [0.5, 0.6) is 5.75 Å². The van der Waals surface area contributed by atoms with Gasteiger partial charge in [0.1, 0.15) is 17.9 Å². The summed E-state index contributed by atoms with van der Waals surface area (Å²) in [6.07, 6.45) is 1.24. The first-order valence-electron chi connectivity index (χ1n) is 11.1. The van der Waals surface area contributed by atoms with Gasteiger partial charge >= 0.3 is 5.97 Å². The van der Waals surface area contributed by atoms with Crippen LogP contribution >= 0.6 is 11.6 Å². The number of nitrogens with zero attached hydrogens (tertiary/aromatic N) is 1. The van der Waals surface area contributed by atoms with Gasteiger partial charge in [-0.2, -0.15) is 0 Å². The third-order valence-corrected chi connectivity index (χ3v) is 6.22. The monoisotopic (exact) mass is 499 g/mol. The zero-order valence-corrected chi connectivity index (χ0v) is 19.8. The van der Waals surface area contributed by atoms with Gasteiger partial charge in [-0.15, -0.1) is 0 Å². The van der Waals surface area contributed by atoms with Gasteiger partial charge in [0, 0.05) is 30.0 Å². The molecule has 0 fully saturated rings. The van der Waals surface area contributed by atoms with E-state index in [1.807, 2.05) is 37.3 Å². The molecule has 1 unspecified atom stereocenters. The predicted molar refractivity (Wildman–Crippen MR) is 127 cm³/mol. The molecule has 0 spiro atoms. The van der Waals surface area contributed by atoms with Gasteiger partial charge in [0.25, 0.3) is 0 Å². The molecule has 5 nitrogen and oxygen atoms in total. The number of rotatable bonds is 8. The number of carboxylic acid groups (broad SMARTS) is 1. The highest BCUT2D eigenvalue weighted by molar-refractivity contribution is 6.30. The first kappa shape index (κ1) is 24.7. The van der Waals surface area contributed by atoms with E-state index in [-0.39, 0.29) is 18.5 Å². The number of hydrogen-bond acceptors (Lipinski definition) is 3. The Morgan fingerprint density at radius 1 is 1.09 bits per heavy atom. The molecule has 0 aromatic heterocycles. The molecule has 8 heteroatoms. The first-order chi connectivity index (χ1) is 16.6. The molecule has 1 aliphatic rings. The van der Waals surface area contributed by atoms with Crippen molar-refractivity contribution in [3.8, 4) is 5.75 Å². The Balaban J connectivity index is 1.47. The normalized spacial score (nSPS) is 16.5. The number of amides is 1. The Morgan fingerprint density at radius 3 is 2.51 bits per heavy atom. The van der Waals surface area contributed by atoms with E-state index in [1.54, 1.807) is 12.1 Å². The molecule has 3 aromatic rings. The largest absolute Gasteiger partial charge is 0.487 e. The Labute approximate surface area is 206 Å². The van der Waals surface area contributed by atoms with Gasteiger partial charge in [-0.25, -0.2) is 8.78 Å². The molecule has 4 rings (SSSR count). The van der Waals surface area contributed by atoms with Crippen molar-refractivity contribution in [1.82, 2.24) is 4.90 Å². The van der Waals surface area contributed by atoms with E-state index in [0.717, 1.165) is 27.8 Å². The van der Waals surface area contributed by atoms with E-state index in [9.17, 15) is 23.5 Å². The van der Waals surface area contributed by atoms with Gasteiger partial charge in [0.2, 0.25) is 5.91 Å². The Hall–Kier alpha value is -3.45. The molecule has 35 heavy (non-hydrogen) atoms. The van der Waals surface area contributed by atoms with Crippen LogP contribution in [0.3, 0.4) is 0 Å². The third-order valence-electron chi connectivity index (χ3n) is 5.96. The number of halogens is 3. The van der Waals surface area contributed by atoms with Crippen LogP contribution in [0, 0.1) is 11.6 Å². The van der Waals surface area contributed by atoms with Crippen LogP contribution in [-0.4, -0.2) is 34.0 Å². The molecule has 0 saturated heterocycles. The van der Waals surface area contributed by atoms with Crippen molar-refractivity contribution in [3.63, 3.8) is 0 Å². The second kappa shape index (κ2) is 10.0. The maximum atomic E-state index is 14.1. The molecular weight excluding hydrogens is 476 g/mol. The minimum absolute atomic E-state index is 0.0780. The number of carbonyl (C=O) groups excluding carboxylic acids is 1. The van der Waals surface area contributed by atoms with Crippen LogP contribution in [0.4, 0.5) is 8.78 Å². The number of aliphatic carboxylic acids is 1. The number of ether oxygens (including phenoxy) is 1. The summed E-state index contributed by atoms with van der Waals surface area (Å²) in [6.45, 7) is 1.05. The van der Waals surface area contributed by atoms with Crippen molar-refractivity contribution in [2.75, 3.05) is 6.54 Å². The number of carboxylic acids is 1. The summed E-state index contributed by atoms with van der Waals surface area (Å²) in [5, 5.41) is 9.90. The summed E-state index contributed by atoms with van der Waals surface area (Å²) in [6, 6.07) is 16.6. The van der Waals surface area contributed by atoms with Crippen LogP contribution in [0.2, 0.25) is 5.02 Å². The van der Waals surface area contributed by atoms with E-state index in [2.05, 4.69) is 0 Å². The lowest BCUT2D eigenvalue weighted by Gasteiger charge is -2.24. The van der Waals surface area contributed by atoms with Crippen molar-refractivity contribution >= 4 is 23.5 Å². The molecule has 0 saturated carbocycles. The van der Waals surface area contributed by atoms with Crippen molar-refractivity contribution in [2.45, 2.75) is 38.3 Å². The minimum Gasteiger partial charge on any atom is -0.487 e. The number of fused-ring (bicyclic) bond motifs is 1. The third kappa shape index (κ3) is 5.98. The summed E-state index contributed by atoms with van der Waals surface area (Å²) in [7, 11) is 0. The molecular formula is C27H24ClF2NO4. The molecule has 1 N–H and O–H groups in total. The molecule has 3 aromatic carbocycles. The average molecular weight is 500 g/mol. The van der Waals surface area contributed by atoms with Gasteiger partial charge in [-0.3, -0.25) is 9.59 Å². The highest BCUT2D eigenvalue weighted by Gasteiger charge is 2.35. The number of hydrogen-bond donors (Lipinski definition) is 1. The van der Waals surface area contributed by atoms with Crippen molar-refractivity contribution in [3.05, 3.63) is 99.6 Å². The van der Waals surface area contributed by atoms with Gasteiger partial charge < -0.3 is 14.7 Å². The van der Waals surface area contributed by atoms with E-state index >= 15 is 0 Å². The molecule has 182 valence electrons. The summed E-state index contributed by atoms with van der Waals surface area (Å²) < 4.78 is 33.9. The predicted octanol–water partition coefficient (Wildman–Crippen LogP) is 5.21. The fourth-order valence-electron chi connectivity index (χ4n) is 4.38. The van der Waals surface area contributed by atoms with Gasteiger partial charge in [0.05, 0.1) is 6.42 Å². The second-order valence-electron chi connectivity index (χ2n) is 9.01. The van der Waals surface area contributed by atoms with E-state index in [1.165, 1.54) is 12.1 Å². The Kier molecular flexibility index (Phi) is 7.08. The fourth-order valence-corrected chi connectivity index (χ4v) is 4.50. The fraction of sp³-hybridized carbons (Fsp3) is 0.259. The maximum Gasteiger partial charge on any atom is 0.323 e. The molecule has 0 radical (unpaired) electrons. The van der Waals surface area contributed by atoms with Crippen molar-refractivity contribution < 1.29 is 28.2 Å². The SMILES string of the molecule is CC1(Cc2ccc(Cl)cc2)Cc2cc(CC(=O)N(CC(=O)O)Cc3cccc(F)c3F)ccc2O1. The zero-order valence-electron chi connectivity index (χ0n) is 19.1. The lowest BCUT2D eigenvalue weighted by Crippen LogP contribution is -2.36. The highest BCUT2D eigenvalue weighted by atomic mass is 35.5. The van der Waals surface area contributed by atoms with Gasteiger partial charge in [-0.1, -0.05) is 48.0 Å². The Bertz CT molecular complexity index is 1260. The molecule has 1 aliphatic heterocycles. The molecule has 1 amide bonds. The lowest BCUT2D eigenvalue weighted by molar-refractivity contribution is -0.144. The van der Waals surface area contributed by atoms with Gasteiger partial charge in [0.15, 0.2) is 11.6 Å². The minimum atomic E-state index is -1.24. The smallest absolute Gasteiger partial charge is 0.323 e. The van der Waals surface area contributed by atoms with Crippen LogP contribution in [-0.2, 0) is 35.4 Å². The summed E-state index contributed by atoms with van der Waals surface area (Å²) >= 11 is 5.97. The number of benzene rings is 3. The summed E-state index contributed by atoms with van der Waals surface area (Å²) in [4.78, 5) is 25.3. The number of carbonyl (C=O) groups is 2. The standard InChI is InChI=1S/C27H24ClF2NO4/c1-27(13-17-5-8-21(28)9-6-17)14-20-11-18(7-10-23(20)35-27)12-24(32)31(16-25(33)34)15-19-3-2-4-22(29)26(19)30/h2-11H,12-16H2,1H3,(H,33,34). The zero-order chi connectivity index (χ0) is 25.2. The molecule has 0 aliphatic carbocycles. The van der Waals surface area contributed by atoms with Gasteiger partial charge in [-0.05, 0) is 47.9 Å². The topological polar surface area (TPSA) is 66.8 Å². The molecule has 1 atom stereocenters. The van der Waals surface area contributed by atoms with Crippen LogP contribution in [0.15, 0.2) is 60.7 Å². The van der Waals surface area contributed by atoms with Crippen LogP contribution < -0.4 is 4.74 Å². The summed E-state index contributed by atoms with van der Waals surface area (Å²) in [5.74, 6) is -3.15. The van der Waals surface area contributed by atoms with E-state index < -0.39 is 35.7 Å². The first-order valence-corrected chi connectivity index (χ1v) is 11.5. The lowest BCUT2D eigenvalue weighted by atomic mass is 9.91. The average Bonchev–Trinajstić information content (AvgIpc) is 3.12. The second-order valence-corrected chi connectivity index (χ2v) is 9.44. The van der Waals surface area contributed by atoms with E-state index in [0.29, 0.717) is 23.4 Å². The molecule has 1 heterocycles. The summed E-state index contributed by atoms with van der Waals surface area (Å²) in [5.41, 5.74) is 2.19.